The van der Waals surface area contributed by atoms with Gasteiger partial charge in [0.1, 0.15) is 11.7 Å². The van der Waals surface area contributed by atoms with Gasteiger partial charge in [0, 0.05) is 24.2 Å². The molecule has 0 heterocycles. The highest BCUT2D eigenvalue weighted by Crippen LogP contribution is 2.70. The number of hydrogen-bond donors (Lipinski definition) is 1. The van der Waals surface area contributed by atoms with Crippen molar-refractivity contribution in [3.05, 3.63) is 58.2 Å². The highest BCUT2D eigenvalue weighted by atomic mass is 19.4. The number of ether oxygens (including phenoxy) is 1. The largest absolute Gasteiger partial charge is 0.458 e. The van der Waals surface area contributed by atoms with Crippen LogP contribution in [0.4, 0.5) is 22.0 Å². The highest BCUT2D eigenvalue weighted by molar-refractivity contribution is 5.93. The zero-order chi connectivity index (χ0) is 30.8. The first-order valence-electron chi connectivity index (χ1n) is 14.9. The van der Waals surface area contributed by atoms with Gasteiger partial charge in [0.2, 0.25) is 0 Å². The van der Waals surface area contributed by atoms with E-state index < -0.39 is 47.5 Å². The van der Waals surface area contributed by atoms with Crippen LogP contribution in [0.1, 0.15) is 102 Å². The quantitative estimate of drug-likeness (QED) is 0.267. The molecule has 4 aliphatic carbocycles. The van der Waals surface area contributed by atoms with Crippen molar-refractivity contribution in [2.75, 3.05) is 0 Å². The van der Waals surface area contributed by atoms with Crippen molar-refractivity contribution in [2.24, 2.45) is 23.2 Å². The molecule has 0 saturated heterocycles. The van der Waals surface area contributed by atoms with Crippen LogP contribution in [0.2, 0.25) is 0 Å². The molecule has 42 heavy (non-hydrogen) atoms. The Morgan fingerprint density at radius 1 is 1.05 bits per heavy atom. The molecule has 4 nitrogen and oxygen atoms in total. The van der Waals surface area contributed by atoms with Crippen LogP contribution in [-0.4, -0.2) is 34.6 Å². The SMILES string of the molecule is CC(C)CC(=O)OC(C)c1ccc([C@H]2C[C@@]3(C)[C@@H](CC[C@@]3(O)C(F)(F)C(F)(F)F)[C@@H]3CCC4=CC(=O)CCC4=C32)cc1. The lowest BCUT2D eigenvalue weighted by Gasteiger charge is -2.56. The predicted octanol–water partition coefficient (Wildman–Crippen LogP) is 8.17. The fraction of sp³-hybridized carbons (Fsp3) is 0.636. The summed E-state index contributed by atoms with van der Waals surface area (Å²) in [5, 5.41) is 11.4. The Kier molecular flexibility index (Phi) is 7.77. The molecule has 2 saturated carbocycles. The number of hydrogen-bond acceptors (Lipinski definition) is 4. The summed E-state index contributed by atoms with van der Waals surface area (Å²) in [6.45, 7) is 7.01. The molecule has 5 rings (SSSR count). The smallest absolute Gasteiger partial charge is 0.456 e. The summed E-state index contributed by atoms with van der Waals surface area (Å²) >= 11 is 0. The molecule has 0 spiro atoms. The van der Waals surface area contributed by atoms with E-state index in [2.05, 4.69) is 0 Å². The van der Waals surface area contributed by atoms with Gasteiger partial charge in [-0.05, 0) is 91.6 Å². The van der Waals surface area contributed by atoms with E-state index in [0.717, 1.165) is 27.8 Å². The molecular weight excluding hydrogens is 555 g/mol. The van der Waals surface area contributed by atoms with Crippen LogP contribution in [0.5, 0.6) is 0 Å². The lowest BCUT2D eigenvalue weighted by Crippen LogP contribution is -2.65. The van der Waals surface area contributed by atoms with E-state index in [4.69, 9.17) is 4.74 Å². The topological polar surface area (TPSA) is 63.6 Å². The molecule has 0 radical (unpaired) electrons. The summed E-state index contributed by atoms with van der Waals surface area (Å²) in [5.41, 5.74) is -0.484. The van der Waals surface area contributed by atoms with Crippen molar-refractivity contribution in [2.45, 2.75) is 109 Å². The molecule has 9 heteroatoms. The van der Waals surface area contributed by atoms with Gasteiger partial charge in [0.25, 0.3) is 0 Å². The number of carbonyl (C=O) groups excluding carboxylic acids is 2. The van der Waals surface area contributed by atoms with E-state index in [9.17, 15) is 27.9 Å². The van der Waals surface area contributed by atoms with Crippen molar-refractivity contribution in [1.82, 2.24) is 0 Å². The second kappa shape index (κ2) is 10.6. The minimum Gasteiger partial charge on any atom is -0.458 e. The number of fused-ring (bicyclic) bond motifs is 4. The molecule has 1 unspecified atom stereocenters. The predicted molar refractivity (Wildman–Crippen MR) is 147 cm³/mol. The Hall–Kier alpha value is -2.55. The first-order valence-corrected chi connectivity index (χ1v) is 14.9. The first-order chi connectivity index (χ1) is 19.5. The lowest BCUT2D eigenvalue weighted by molar-refractivity contribution is -0.362. The molecule has 1 N–H and O–H groups in total. The van der Waals surface area contributed by atoms with Crippen LogP contribution < -0.4 is 0 Å². The number of benzene rings is 1. The van der Waals surface area contributed by atoms with Crippen LogP contribution >= 0.6 is 0 Å². The molecule has 230 valence electrons. The Bertz CT molecular complexity index is 1310. The summed E-state index contributed by atoms with van der Waals surface area (Å²) in [6, 6.07) is 7.24. The number of alkyl halides is 5. The van der Waals surface area contributed by atoms with Gasteiger partial charge in [0.05, 0.1) is 0 Å². The molecule has 0 amide bonds. The summed E-state index contributed by atoms with van der Waals surface area (Å²) in [5.74, 6) is -6.73. The summed E-state index contributed by atoms with van der Waals surface area (Å²) in [7, 11) is 0. The van der Waals surface area contributed by atoms with Crippen molar-refractivity contribution in [1.29, 1.82) is 0 Å². The Morgan fingerprint density at radius 3 is 2.33 bits per heavy atom. The van der Waals surface area contributed by atoms with E-state index >= 15 is 8.78 Å². The standard InChI is InChI=1S/C33H39F5O4/c1-18(2)15-28(40)42-19(3)20-5-7-21(8-6-20)26-17-30(4)27(13-14-31(30,41)32(34,35)33(36,37)38)25-11-9-22-16-23(39)10-12-24(22)29(25)26/h5-8,16,18-19,25-27,41H,9-15,17H2,1-4H3/t19?,25-,26+,27-,30-,31-/m0/s1. The number of rotatable bonds is 6. The van der Waals surface area contributed by atoms with Crippen LogP contribution in [-0.2, 0) is 14.3 Å². The molecule has 0 aromatic heterocycles. The van der Waals surface area contributed by atoms with E-state index in [0.29, 0.717) is 25.7 Å². The van der Waals surface area contributed by atoms with Gasteiger partial charge in [-0.3, -0.25) is 9.59 Å². The van der Waals surface area contributed by atoms with Crippen LogP contribution in [0.3, 0.4) is 0 Å². The van der Waals surface area contributed by atoms with Gasteiger partial charge in [-0.25, -0.2) is 0 Å². The van der Waals surface area contributed by atoms with Crippen molar-refractivity contribution < 1.29 is 41.4 Å². The number of carbonyl (C=O) groups is 2. The first kappa shape index (κ1) is 30.9. The fourth-order valence-electron chi connectivity index (χ4n) is 8.36. The molecular formula is C33H39F5O4. The molecule has 0 bridgehead atoms. The van der Waals surface area contributed by atoms with E-state index in [1.54, 1.807) is 25.1 Å². The van der Waals surface area contributed by atoms with E-state index in [1.807, 2.05) is 26.0 Å². The maximum Gasteiger partial charge on any atom is 0.456 e. The maximum atomic E-state index is 15.2. The average molecular weight is 595 g/mol. The van der Waals surface area contributed by atoms with E-state index in [1.165, 1.54) is 6.92 Å². The third-order valence-corrected chi connectivity index (χ3v) is 10.5. The Labute approximate surface area is 243 Å². The second-order valence-corrected chi connectivity index (χ2v) is 13.4. The maximum absolute atomic E-state index is 15.2. The lowest BCUT2D eigenvalue weighted by atomic mass is 9.50. The molecule has 1 aromatic rings. The van der Waals surface area contributed by atoms with Crippen LogP contribution in [0.25, 0.3) is 0 Å². The molecule has 0 aliphatic heterocycles. The van der Waals surface area contributed by atoms with Gasteiger partial charge in [-0.1, -0.05) is 50.6 Å². The zero-order valence-electron chi connectivity index (χ0n) is 24.5. The van der Waals surface area contributed by atoms with E-state index in [-0.39, 0.29) is 42.9 Å². The molecule has 6 atom stereocenters. The summed E-state index contributed by atoms with van der Waals surface area (Å²) < 4.78 is 77.1. The fourth-order valence-corrected chi connectivity index (χ4v) is 8.36. The summed E-state index contributed by atoms with van der Waals surface area (Å²) in [6.07, 6.45) is -3.16. The van der Waals surface area contributed by atoms with Crippen molar-refractivity contribution in [3.63, 3.8) is 0 Å². The highest BCUT2D eigenvalue weighted by Gasteiger charge is 2.79. The summed E-state index contributed by atoms with van der Waals surface area (Å²) in [4.78, 5) is 24.4. The number of esters is 1. The molecule has 1 aromatic carbocycles. The third-order valence-electron chi connectivity index (χ3n) is 10.5. The minimum absolute atomic E-state index is 0.0374. The van der Waals surface area contributed by atoms with Gasteiger partial charge in [0.15, 0.2) is 5.78 Å². The number of aliphatic hydroxyl groups is 1. The Balaban J connectivity index is 1.57. The normalized spacial score (nSPS) is 32.2. The Morgan fingerprint density at radius 2 is 1.71 bits per heavy atom. The molecule has 2 fully saturated rings. The minimum atomic E-state index is -5.88. The van der Waals surface area contributed by atoms with Gasteiger partial charge < -0.3 is 9.84 Å². The molecule has 4 aliphatic rings. The number of halogens is 5. The van der Waals surface area contributed by atoms with Crippen molar-refractivity contribution in [3.8, 4) is 0 Å². The average Bonchev–Trinajstić information content (AvgIpc) is 3.18. The number of ketones is 1. The van der Waals surface area contributed by atoms with Gasteiger partial charge in [-0.15, -0.1) is 0 Å². The van der Waals surface area contributed by atoms with Gasteiger partial charge in [-0.2, -0.15) is 22.0 Å². The monoisotopic (exact) mass is 594 g/mol. The van der Waals surface area contributed by atoms with Crippen LogP contribution in [0, 0.1) is 23.2 Å². The van der Waals surface area contributed by atoms with Gasteiger partial charge >= 0.3 is 18.1 Å². The third kappa shape index (κ3) is 4.83. The van der Waals surface area contributed by atoms with Crippen LogP contribution in [0.15, 0.2) is 47.1 Å². The number of allylic oxidation sites excluding steroid dienone is 4. The van der Waals surface area contributed by atoms with Crippen molar-refractivity contribution >= 4 is 11.8 Å². The zero-order valence-corrected chi connectivity index (χ0v) is 24.5. The second-order valence-electron chi connectivity index (χ2n) is 13.4.